The third-order valence-electron chi connectivity index (χ3n) is 5.40. The van der Waals surface area contributed by atoms with Crippen molar-refractivity contribution in [3.8, 4) is 5.75 Å². The number of sulfonamides is 1. The Bertz CT molecular complexity index is 998. The van der Waals surface area contributed by atoms with Gasteiger partial charge < -0.3 is 14.8 Å². The summed E-state index contributed by atoms with van der Waals surface area (Å²) >= 11 is 0. The smallest absolute Gasteiger partial charge is 0.227 e. The molecule has 1 fully saturated rings. The van der Waals surface area contributed by atoms with Crippen LogP contribution in [0.2, 0.25) is 0 Å². The van der Waals surface area contributed by atoms with Gasteiger partial charge in [-0.2, -0.15) is 4.31 Å². The summed E-state index contributed by atoms with van der Waals surface area (Å²) in [5, 5.41) is 4.82. The van der Waals surface area contributed by atoms with Crippen molar-refractivity contribution in [3.05, 3.63) is 42.0 Å². The fraction of sp³-hybridized carbons (Fsp3) is 0.500. The molecule has 3 rings (SSSR count). The van der Waals surface area contributed by atoms with Crippen LogP contribution in [0.1, 0.15) is 32.3 Å². The molecule has 30 heavy (non-hydrogen) atoms. The average molecular weight is 435 g/mol. The van der Waals surface area contributed by atoms with Gasteiger partial charge in [0.1, 0.15) is 5.75 Å². The van der Waals surface area contributed by atoms with Gasteiger partial charge in [-0.1, -0.05) is 24.3 Å². The van der Waals surface area contributed by atoms with Gasteiger partial charge in [-0.25, -0.2) is 8.42 Å². The minimum absolute atomic E-state index is 0.0798. The average Bonchev–Trinajstić information content (AvgIpc) is 2.71. The number of benzene rings is 2. The maximum Gasteiger partial charge on any atom is 0.227 e. The Kier molecular flexibility index (Phi) is 7.00. The number of hydrogen-bond donors (Lipinski definition) is 1. The monoisotopic (exact) mass is 434 g/mol. The highest BCUT2D eigenvalue weighted by molar-refractivity contribution is 7.89. The summed E-state index contributed by atoms with van der Waals surface area (Å²) in [6, 6.07) is 11.6. The first-order valence-corrected chi connectivity index (χ1v) is 11.8. The van der Waals surface area contributed by atoms with E-state index in [0.717, 1.165) is 22.1 Å². The van der Waals surface area contributed by atoms with Gasteiger partial charge in [-0.15, -0.1) is 0 Å². The lowest BCUT2D eigenvalue weighted by Gasteiger charge is -2.34. The molecule has 2 aromatic rings. The normalized spacial score (nSPS) is 21.3. The van der Waals surface area contributed by atoms with Crippen LogP contribution in [0.3, 0.4) is 0 Å². The summed E-state index contributed by atoms with van der Waals surface area (Å²) in [5.74, 6) is 0.0818. The predicted molar refractivity (Wildman–Crippen MR) is 117 cm³/mol. The van der Waals surface area contributed by atoms with Gasteiger partial charge in [0.2, 0.25) is 15.9 Å². The number of carbonyl (C=O) groups is 1. The van der Waals surface area contributed by atoms with Crippen LogP contribution in [-0.2, 0) is 19.6 Å². The molecule has 164 valence electrons. The van der Waals surface area contributed by atoms with Gasteiger partial charge in [-0.3, -0.25) is 4.79 Å². The van der Waals surface area contributed by atoms with Gasteiger partial charge in [0.05, 0.1) is 31.0 Å². The van der Waals surface area contributed by atoms with Gasteiger partial charge in [0.25, 0.3) is 0 Å². The van der Waals surface area contributed by atoms with Gasteiger partial charge in [-0.05, 0) is 49.2 Å². The molecule has 0 aliphatic carbocycles. The number of rotatable bonds is 7. The SMILES string of the molecule is COc1ccc2cc([C@@H](C)C(=O)NCCS(=O)(=O)N3CC(C)OC(C)C3)ccc2c1. The van der Waals surface area contributed by atoms with Crippen LogP contribution in [0, 0.1) is 0 Å². The molecule has 1 aliphatic heterocycles. The predicted octanol–water partition coefficient (Wildman–Crippen LogP) is 2.51. The maximum absolute atomic E-state index is 12.6. The van der Waals surface area contributed by atoms with Gasteiger partial charge in [0.15, 0.2) is 0 Å². The van der Waals surface area contributed by atoms with E-state index >= 15 is 0 Å². The van der Waals surface area contributed by atoms with Crippen LogP contribution in [-0.4, -0.2) is 63.3 Å². The van der Waals surface area contributed by atoms with Crippen molar-refractivity contribution in [2.75, 3.05) is 32.5 Å². The van der Waals surface area contributed by atoms with E-state index < -0.39 is 10.0 Å². The van der Waals surface area contributed by atoms with Crippen molar-refractivity contribution in [1.29, 1.82) is 0 Å². The fourth-order valence-electron chi connectivity index (χ4n) is 3.73. The number of amides is 1. The zero-order valence-corrected chi connectivity index (χ0v) is 18.7. The lowest BCUT2D eigenvalue weighted by molar-refractivity contribution is -0.122. The number of nitrogens with zero attached hydrogens (tertiary/aromatic N) is 1. The summed E-state index contributed by atoms with van der Waals surface area (Å²) in [6.07, 6.45) is -0.267. The number of nitrogens with one attached hydrogen (secondary N) is 1. The highest BCUT2D eigenvalue weighted by atomic mass is 32.2. The molecule has 0 radical (unpaired) electrons. The molecule has 0 aromatic heterocycles. The van der Waals surface area contributed by atoms with Crippen molar-refractivity contribution < 1.29 is 22.7 Å². The molecular formula is C22H30N2O5S. The van der Waals surface area contributed by atoms with Crippen molar-refractivity contribution >= 4 is 26.7 Å². The van der Waals surface area contributed by atoms with Gasteiger partial charge >= 0.3 is 0 Å². The molecular weight excluding hydrogens is 404 g/mol. The van der Waals surface area contributed by atoms with Crippen molar-refractivity contribution in [1.82, 2.24) is 9.62 Å². The molecule has 1 aliphatic rings. The first kappa shape index (κ1) is 22.5. The molecule has 2 aromatic carbocycles. The Morgan fingerprint density at radius 2 is 1.80 bits per heavy atom. The number of fused-ring (bicyclic) bond motifs is 1. The molecule has 1 saturated heterocycles. The fourth-order valence-corrected chi connectivity index (χ4v) is 5.23. The molecule has 3 atom stereocenters. The number of methoxy groups -OCH3 is 1. The molecule has 2 unspecified atom stereocenters. The molecule has 0 bridgehead atoms. The molecule has 1 amide bonds. The summed E-state index contributed by atoms with van der Waals surface area (Å²) in [7, 11) is -1.82. The summed E-state index contributed by atoms with van der Waals surface area (Å²) in [5.41, 5.74) is 0.879. The lowest BCUT2D eigenvalue weighted by Crippen LogP contribution is -2.49. The van der Waals surface area contributed by atoms with E-state index in [4.69, 9.17) is 9.47 Å². The Labute approximate surface area is 178 Å². The van der Waals surface area contributed by atoms with E-state index in [2.05, 4.69) is 5.32 Å². The van der Waals surface area contributed by atoms with Gasteiger partial charge in [0, 0.05) is 19.6 Å². The molecule has 0 spiro atoms. The van der Waals surface area contributed by atoms with Crippen LogP contribution in [0.4, 0.5) is 0 Å². The number of ether oxygens (including phenoxy) is 2. The molecule has 0 saturated carbocycles. The number of carbonyl (C=O) groups excluding carboxylic acids is 1. The zero-order valence-electron chi connectivity index (χ0n) is 17.9. The Balaban J connectivity index is 1.58. The minimum atomic E-state index is -3.44. The molecule has 8 heteroatoms. The Hall–Kier alpha value is -2.16. The van der Waals surface area contributed by atoms with E-state index in [0.29, 0.717) is 13.1 Å². The molecule has 7 nitrogen and oxygen atoms in total. The summed E-state index contributed by atoms with van der Waals surface area (Å²) < 4.78 is 37.5. The first-order valence-electron chi connectivity index (χ1n) is 10.2. The van der Waals surface area contributed by atoms with E-state index in [-0.39, 0.29) is 36.3 Å². The highest BCUT2D eigenvalue weighted by Crippen LogP contribution is 2.25. The van der Waals surface area contributed by atoms with E-state index in [1.54, 1.807) is 7.11 Å². The molecule has 1 heterocycles. The topological polar surface area (TPSA) is 84.9 Å². The van der Waals surface area contributed by atoms with Crippen LogP contribution in [0.15, 0.2) is 36.4 Å². The molecule has 1 N–H and O–H groups in total. The minimum Gasteiger partial charge on any atom is -0.497 e. The highest BCUT2D eigenvalue weighted by Gasteiger charge is 2.30. The van der Waals surface area contributed by atoms with Crippen molar-refractivity contribution in [3.63, 3.8) is 0 Å². The standard InChI is InChI=1S/C22H30N2O5S/c1-15-13-24(14-16(2)29-15)30(26,27)10-9-23-22(25)17(3)18-5-6-20-12-21(28-4)8-7-19(20)11-18/h5-8,11-12,15-17H,9-10,13-14H2,1-4H3,(H,23,25)/t15?,16?,17-/m1/s1. The zero-order chi connectivity index (χ0) is 21.9. The Morgan fingerprint density at radius 1 is 1.17 bits per heavy atom. The number of morpholine rings is 1. The van der Waals surface area contributed by atoms with E-state index in [1.807, 2.05) is 57.2 Å². The van der Waals surface area contributed by atoms with Crippen LogP contribution in [0.5, 0.6) is 5.75 Å². The van der Waals surface area contributed by atoms with E-state index in [9.17, 15) is 13.2 Å². The second kappa shape index (κ2) is 9.32. The Morgan fingerprint density at radius 3 is 2.47 bits per heavy atom. The van der Waals surface area contributed by atoms with Crippen molar-refractivity contribution in [2.24, 2.45) is 0 Å². The summed E-state index contributed by atoms with van der Waals surface area (Å²) in [4.78, 5) is 12.6. The maximum atomic E-state index is 12.6. The third-order valence-corrected chi connectivity index (χ3v) is 7.21. The second-order valence-corrected chi connectivity index (χ2v) is 9.96. The van der Waals surface area contributed by atoms with E-state index in [1.165, 1.54) is 4.31 Å². The first-order chi connectivity index (χ1) is 14.2. The lowest BCUT2D eigenvalue weighted by atomic mass is 9.97. The van der Waals surface area contributed by atoms with Crippen LogP contribution < -0.4 is 10.1 Å². The van der Waals surface area contributed by atoms with Crippen LogP contribution >= 0.6 is 0 Å². The van der Waals surface area contributed by atoms with Crippen LogP contribution in [0.25, 0.3) is 10.8 Å². The number of hydrogen-bond acceptors (Lipinski definition) is 5. The quantitative estimate of drug-likeness (QED) is 0.724. The second-order valence-electron chi connectivity index (χ2n) is 7.88. The largest absolute Gasteiger partial charge is 0.497 e. The summed E-state index contributed by atoms with van der Waals surface area (Å²) in [6.45, 7) is 6.32. The third kappa shape index (κ3) is 5.30. The van der Waals surface area contributed by atoms with Crippen molar-refractivity contribution in [2.45, 2.75) is 38.9 Å².